The number of aliphatic hydroxyl groups excluding tert-OH is 1. The number of benzene rings is 5. The molecular formula is C40H36N2O6S2. The summed E-state index contributed by atoms with van der Waals surface area (Å²) in [5.41, 5.74) is 5.67. The number of hydrogen-bond acceptors (Lipinski definition) is 8. The predicted octanol–water partition coefficient (Wildman–Crippen LogP) is 8.89. The van der Waals surface area contributed by atoms with Gasteiger partial charge in [-0.25, -0.2) is 13.4 Å². The summed E-state index contributed by atoms with van der Waals surface area (Å²) in [5.74, 6) is 1.21. The summed E-state index contributed by atoms with van der Waals surface area (Å²) in [5, 5.41) is 10.2. The first-order chi connectivity index (χ1) is 24.4. The van der Waals surface area contributed by atoms with Gasteiger partial charge in [0.2, 0.25) is 0 Å². The number of sulfonamides is 1. The maximum absolute atomic E-state index is 12.9. The van der Waals surface area contributed by atoms with Crippen LogP contribution in [0.5, 0.6) is 0 Å². The normalized spacial score (nSPS) is 19.2. The van der Waals surface area contributed by atoms with Crippen molar-refractivity contribution in [2.45, 2.75) is 42.1 Å². The van der Waals surface area contributed by atoms with Gasteiger partial charge < -0.3 is 19.0 Å². The molecule has 2 N–H and O–H groups in total. The molecule has 10 heteroatoms. The van der Waals surface area contributed by atoms with Crippen LogP contribution in [0.4, 0.5) is 5.69 Å². The molecule has 1 aromatic heterocycles. The SMILES string of the molecule is C[C@@H]1[C@H](CSc2nc(-c3ccccc3)c(-c3ccccc3)o2)O[C@H](c2ccc(NS(=O)(=O)c3ccccc3)cc2)O[C@@H]1c1ccc(CO)cc1. The Hall–Kier alpha value is -4.71. The molecule has 8 nitrogen and oxygen atoms in total. The van der Waals surface area contributed by atoms with Gasteiger partial charge in [0.15, 0.2) is 12.1 Å². The number of oxazole rings is 1. The highest BCUT2D eigenvalue weighted by atomic mass is 32.2. The lowest BCUT2D eigenvalue weighted by Gasteiger charge is -2.41. The first kappa shape index (κ1) is 33.8. The summed E-state index contributed by atoms with van der Waals surface area (Å²) in [4.78, 5) is 5.12. The van der Waals surface area contributed by atoms with Crippen molar-refractivity contribution in [3.8, 4) is 22.6 Å². The zero-order chi connectivity index (χ0) is 34.5. The third kappa shape index (κ3) is 7.55. The molecule has 0 unspecified atom stereocenters. The Kier molecular flexibility index (Phi) is 10.2. The highest BCUT2D eigenvalue weighted by molar-refractivity contribution is 7.99. The second-order valence-electron chi connectivity index (χ2n) is 12.1. The molecule has 6 aromatic rings. The topological polar surface area (TPSA) is 111 Å². The van der Waals surface area contributed by atoms with Crippen molar-refractivity contribution in [3.05, 3.63) is 156 Å². The number of rotatable bonds is 11. The molecule has 4 atom stereocenters. The second kappa shape index (κ2) is 15.0. The number of thioether (sulfide) groups is 1. The quantitative estimate of drug-likeness (QED) is 0.129. The first-order valence-electron chi connectivity index (χ1n) is 16.3. The molecule has 0 radical (unpaired) electrons. The molecule has 0 aliphatic carbocycles. The molecule has 7 rings (SSSR count). The Bertz CT molecular complexity index is 2050. The van der Waals surface area contributed by atoms with Crippen LogP contribution in [0.1, 0.15) is 36.0 Å². The summed E-state index contributed by atoms with van der Waals surface area (Å²) in [6, 6.07) is 43.0. The first-order valence-corrected chi connectivity index (χ1v) is 18.8. The van der Waals surface area contributed by atoms with E-state index in [1.165, 1.54) is 11.8 Å². The van der Waals surface area contributed by atoms with E-state index in [-0.39, 0.29) is 29.6 Å². The zero-order valence-corrected chi connectivity index (χ0v) is 28.9. The van der Waals surface area contributed by atoms with Crippen LogP contribution >= 0.6 is 11.8 Å². The Morgan fingerprint density at radius 2 is 1.34 bits per heavy atom. The minimum atomic E-state index is -3.74. The van der Waals surface area contributed by atoms with Crippen LogP contribution < -0.4 is 4.72 Å². The van der Waals surface area contributed by atoms with E-state index in [9.17, 15) is 13.5 Å². The number of hydrogen-bond donors (Lipinski definition) is 2. The maximum atomic E-state index is 12.9. The third-order valence-electron chi connectivity index (χ3n) is 8.67. The van der Waals surface area contributed by atoms with E-state index < -0.39 is 16.3 Å². The van der Waals surface area contributed by atoms with Crippen molar-refractivity contribution in [3.63, 3.8) is 0 Å². The number of aromatic nitrogens is 1. The Labute approximate surface area is 296 Å². The fourth-order valence-corrected chi connectivity index (χ4v) is 7.99. The van der Waals surface area contributed by atoms with E-state index in [1.54, 1.807) is 42.5 Å². The van der Waals surface area contributed by atoms with E-state index >= 15 is 0 Å². The maximum Gasteiger partial charge on any atom is 0.261 e. The molecular weight excluding hydrogens is 669 g/mol. The average molecular weight is 705 g/mol. The largest absolute Gasteiger partial charge is 0.431 e. The van der Waals surface area contributed by atoms with Crippen LogP contribution in [-0.2, 0) is 26.1 Å². The van der Waals surface area contributed by atoms with Crippen LogP contribution in [0.25, 0.3) is 22.6 Å². The standard InChI is InChI=1S/C40H36N2O6S2/c1-27-35(26-49-40-41-36(29-11-5-2-6-12-29)38(48-40)30-13-7-3-8-14-30)46-39(47-37(27)31-19-17-28(25-43)18-20-31)32-21-23-33(24-22-32)42-50(44,45)34-15-9-4-10-16-34/h2-24,27,35,37,39,42-43H,25-26H2,1H3/t27-,35+,37+,39+/m1/s1. The molecule has 0 amide bonds. The van der Waals surface area contributed by atoms with E-state index in [0.29, 0.717) is 22.4 Å². The summed E-state index contributed by atoms with van der Waals surface area (Å²) in [6.07, 6.45) is -1.29. The van der Waals surface area contributed by atoms with Crippen LogP contribution in [0.15, 0.2) is 154 Å². The van der Waals surface area contributed by atoms with Gasteiger partial charge in [0, 0.05) is 34.0 Å². The molecule has 50 heavy (non-hydrogen) atoms. The molecule has 1 aliphatic rings. The molecule has 1 fully saturated rings. The number of anilines is 1. The third-order valence-corrected chi connectivity index (χ3v) is 11.0. The Morgan fingerprint density at radius 3 is 1.98 bits per heavy atom. The smallest absolute Gasteiger partial charge is 0.261 e. The molecule has 0 bridgehead atoms. The molecule has 1 saturated heterocycles. The number of nitrogens with zero attached hydrogens (tertiary/aromatic N) is 1. The number of aliphatic hydroxyl groups is 1. The summed E-state index contributed by atoms with van der Waals surface area (Å²) >= 11 is 1.49. The molecule has 0 saturated carbocycles. The van der Waals surface area contributed by atoms with E-state index in [0.717, 1.165) is 33.5 Å². The van der Waals surface area contributed by atoms with Gasteiger partial charge in [-0.3, -0.25) is 4.72 Å². The van der Waals surface area contributed by atoms with Crippen LogP contribution in [0, 0.1) is 5.92 Å². The Balaban J connectivity index is 1.14. The van der Waals surface area contributed by atoms with Crippen LogP contribution in [0.2, 0.25) is 0 Å². The lowest BCUT2D eigenvalue weighted by Crippen LogP contribution is -2.38. The fourth-order valence-electron chi connectivity index (χ4n) is 5.92. The van der Waals surface area contributed by atoms with E-state index in [1.807, 2.05) is 97.1 Å². The molecule has 254 valence electrons. The van der Waals surface area contributed by atoms with Gasteiger partial charge >= 0.3 is 0 Å². The van der Waals surface area contributed by atoms with Crippen LogP contribution in [0.3, 0.4) is 0 Å². The lowest BCUT2D eigenvalue weighted by atomic mass is 9.91. The van der Waals surface area contributed by atoms with Gasteiger partial charge in [0.25, 0.3) is 15.2 Å². The van der Waals surface area contributed by atoms with Crippen LogP contribution in [-0.4, -0.2) is 30.4 Å². The average Bonchev–Trinajstić information content (AvgIpc) is 3.60. The summed E-state index contributed by atoms with van der Waals surface area (Å²) in [6.45, 7) is 2.06. The van der Waals surface area contributed by atoms with Gasteiger partial charge in [-0.15, -0.1) is 0 Å². The van der Waals surface area contributed by atoms with E-state index in [4.69, 9.17) is 18.9 Å². The molecule has 2 heterocycles. The highest BCUT2D eigenvalue weighted by Gasteiger charge is 2.38. The molecule has 5 aromatic carbocycles. The number of nitrogens with one attached hydrogen (secondary N) is 1. The van der Waals surface area contributed by atoms with Crippen molar-refractivity contribution in [1.29, 1.82) is 0 Å². The van der Waals surface area contributed by atoms with Crippen molar-refractivity contribution in [2.24, 2.45) is 5.92 Å². The van der Waals surface area contributed by atoms with Gasteiger partial charge in [0.1, 0.15) is 5.69 Å². The van der Waals surface area contributed by atoms with Gasteiger partial charge in [-0.05, 0) is 35.4 Å². The zero-order valence-electron chi connectivity index (χ0n) is 27.3. The summed E-state index contributed by atoms with van der Waals surface area (Å²) < 4.78 is 48.1. The van der Waals surface area contributed by atoms with E-state index in [2.05, 4.69) is 11.6 Å². The fraction of sp³-hybridized carbons (Fsp3) is 0.175. The van der Waals surface area contributed by atoms with Crippen molar-refractivity contribution in [2.75, 3.05) is 10.5 Å². The molecule has 0 spiro atoms. The minimum Gasteiger partial charge on any atom is -0.431 e. The minimum absolute atomic E-state index is 0.0428. The monoisotopic (exact) mass is 704 g/mol. The van der Waals surface area contributed by atoms with Gasteiger partial charge in [-0.1, -0.05) is 134 Å². The van der Waals surface area contributed by atoms with Crippen molar-refractivity contribution >= 4 is 27.5 Å². The Morgan fingerprint density at radius 1 is 0.740 bits per heavy atom. The van der Waals surface area contributed by atoms with Gasteiger partial charge in [-0.2, -0.15) is 0 Å². The molecule has 1 aliphatic heterocycles. The predicted molar refractivity (Wildman–Crippen MR) is 195 cm³/mol. The second-order valence-corrected chi connectivity index (χ2v) is 14.7. The highest BCUT2D eigenvalue weighted by Crippen LogP contribution is 2.44. The van der Waals surface area contributed by atoms with Crippen molar-refractivity contribution < 1.29 is 27.4 Å². The van der Waals surface area contributed by atoms with Gasteiger partial charge in [0.05, 0.1) is 23.7 Å². The number of ether oxygens (including phenoxy) is 2. The lowest BCUT2D eigenvalue weighted by molar-refractivity contribution is -0.268. The van der Waals surface area contributed by atoms with Crippen molar-refractivity contribution in [1.82, 2.24) is 4.98 Å². The summed E-state index contributed by atoms with van der Waals surface area (Å²) in [7, 11) is -3.74.